The van der Waals surface area contributed by atoms with Crippen molar-refractivity contribution >= 4 is 11.3 Å². The zero-order valence-electron chi connectivity index (χ0n) is 10.8. The monoisotopic (exact) mass is 301 g/mol. The van der Waals surface area contributed by atoms with Crippen LogP contribution in [0, 0.1) is 6.92 Å². The van der Waals surface area contributed by atoms with E-state index in [1.165, 1.54) is 12.1 Å². The van der Waals surface area contributed by atoms with Crippen molar-refractivity contribution in [3.05, 3.63) is 51.7 Å². The lowest BCUT2D eigenvalue weighted by atomic mass is 9.99. The molecule has 0 fully saturated rings. The van der Waals surface area contributed by atoms with Crippen molar-refractivity contribution in [2.45, 2.75) is 25.7 Å². The Morgan fingerprint density at radius 1 is 1.20 bits per heavy atom. The van der Waals surface area contributed by atoms with E-state index in [1.807, 2.05) is 17.7 Å². The molecule has 0 radical (unpaired) electrons. The molecule has 2 rings (SSSR count). The summed E-state index contributed by atoms with van der Waals surface area (Å²) >= 11 is 1.59. The molecular formula is C14H14F3NOS. The summed E-state index contributed by atoms with van der Waals surface area (Å²) in [4.78, 5) is 0. The van der Waals surface area contributed by atoms with Gasteiger partial charge in [0, 0.05) is 6.04 Å². The zero-order chi connectivity index (χ0) is 14.8. The topological polar surface area (TPSA) is 35.2 Å². The average Bonchev–Trinajstić information content (AvgIpc) is 2.76. The predicted octanol–water partition coefficient (Wildman–Crippen LogP) is 4.20. The van der Waals surface area contributed by atoms with Crippen molar-refractivity contribution in [2.24, 2.45) is 5.73 Å². The lowest BCUT2D eigenvalue weighted by Crippen LogP contribution is -2.17. The van der Waals surface area contributed by atoms with E-state index >= 15 is 0 Å². The summed E-state index contributed by atoms with van der Waals surface area (Å²) in [7, 11) is 0. The number of hydrogen-bond donors (Lipinski definition) is 1. The standard InChI is InChI=1S/C14H14F3NOS/c1-9-7-20-8-12(9)13(18)6-10-2-4-11(5-3-10)19-14(15,16)17/h2-5,7-8,13H,6,18H2,1H3. The van der Waals surface area contributed by atoms with Gasteiger partial charge in [0.1, 0.15) is 5.75 Å². The number of hydrogen-bond acceptors (Lipinski definition) is 3. The van der Waals surface area contributed by atoms with Gasteiger partial charge in [0.15, 0.2) is 0 Å². The van der Waals surface area contributed by atoms with Gasteiger partial charge in [-0.3, -0.25) is 0 Å². The van der Waals surface area contributed by atoms with Crippen LogP contribution in [-0.2, 0) is 6.42 Å². The first-order chi connectivity index (χ1) is 9.35. The normalized spacial score (nSPS) is 13.2. The molecule has 0 amide bonds. The van der Waals surface area contributed by atoms with Crippen LogP contribution in [0.5, 0.6) is 5.75 Å². The first kappa shape index (κ1) is 14.9. The molecule has 0 aliphatic heterocycles. The Labute approximate surface area is 119 Å². The van der Waals surface area contributed by atoms with Gasteiger partial charge in [0.2, 0.25) is 0 Å². The molecule has 0 saturated heterocycles. The third-order valence-corrected chi connectivity index (χ3v) is 3.79. The first-order valence-electron chi connectivity index (χ1n) is 5.98. The predicted molar refractivity (Wildman–Crippen MR) is 72.8 cm³/mol. The van der Waals surface area contributed by atoms with Gasteiger partial charge in [-0.2, -0.15) is 11.3 Å². The van der Waals surface area contributed by atoms with Gasteiger partial charge >= 0.3 is 6.36 Å². The van der Waals surface area contributed by atoms with Crippen molar-refractivity contribution < 1.29 is 17.9 Å². The Morgan fingerprint density at radius 2 is 1.85 bits per heavy atom. The second kappa shape index (κ2) is 5.85. The van der Waals surface area contributed by atoms with Gasteiger partial charge in [-0.25, -0.2) is 0 Å². The van der Waals surface area contributed by atoms with Crippen molar-refractivity contribution in [1.29, 1.82) is 0 Å². The van der Waals surface area contributed by atoms with E-state index in [-0.39, 0.29) is 11.8 Å². The summed E-state index contributed by atoms with van der Waals surface area (Å²) in [5.41, 5.74) is 9.19. The number of thiophene rings is 1. The molecule has 0 saturated carbocycles. The molecule has 20 heavy (non-hydrogen) atoms. The Bertz CT molecular complexity index is 563. The Morgan fingerprint density at radius 3 is 2.35 bits per heavy atom. The number of alkyl halides is 3. The number of aryl methyl sites for hydroxylation is 1. The van der Waals surface area contributed by atoms with E-state index in [0.717, 1.165) is 16.7 Å². The minimum absolute atomic E-state index is 0.157. The highest BCUT2D eigenvalue weighted by molar-refractivity contribution is 7.08. The molecule has 1 unspecified atom stereocenters. The molecule has 1 heterocycles. The Kier molecular flexibility index (Phi) is 4.35. The van der Waals surface area contributed by atoms with E-state index in [9.17, 15) is 13.2 Å². The SMILES string of the molecule is Cc1cscc1C(N)Cc1ccc(OC(F)(F)F)cc1. The van der Waals surface area contributed by atoms with Gasteiger partial charge < -0.3 is 10.5 Å². The fourth-order valence-electron chi connectivity index (χ4n) is 1.94. The van der Waals surface area contributed by atoms with Gasteiger partial charge in [-0.05, 0) is 52.9 Å². The lowest BCUT2D eigenvalue weighted by molar-refractivity contribution is -0.274. The van der Waals surface area contributed by atoms with E-state index < -0.39 is 6.36 Å². The number of nitrogens with two attached hydrogens (primary N) is 1. The fourth-order valence-corrected chi connectivity index (χ4v) is 2.86. The van der Waals surface area contributed by atoms with E-state index in [4.69, 9.17) is 5.73 Å². The van der Waals surface area contributed by atoms with Crippen LogP contribution in [0.3, 0.4) is 0 Å². The molecule has 1 atom stereocenters. The van der Waals surface area contributed by atoms with Crippen molar-refractivity contribution in [3.8, 4) is 5.75 Å². The van der Waals surface area contributed by atoms with Crippen LogP contribution in [0.25, 0.3) is 0 Å². The van der Waals surface area contributed by atoms with Crippen LogP contribution in [0.1, 0.15) is 22.7 Å². The minimum Gasteiger partial charge on any atom is -0.406 e. The fraction of sp³-hybridized carbons (Fsp3) is 0.286. The molecule has 1 aromatic carbocycles. The van der Waals surface area contributed by atoms with Crippen LogP contribution >= 0.6 is 11.3 Å². The molecule has 0 spiro atoms. The summed E-state index contributed by atoms with van der Waals surface area (Å²) in [6.45, 7) is 1.99. The number of rotatable bonds is 4. The van der Waals surface area contributed by atoms with Crippen LogP contribution in [0.2, 0.25) is 0 Å². The Balaban J connectivity index is 2.02. The molecule has 2 aromatic rings. The quantitative estimate of drug-likeness (QED) is 0.918. The molecule has 2 N–H and O–H groups in total. The molecule has 0 bridgehead atoms. The molecule has 0 aliphatic carbocycles. The second-order valence-electron chi connectivity index (χ2n) is 4.51. The highest BCUT2D eigenvalue weighted by atomic mass is 32.1. The van der Waals surface area contributed by atoms with Crippen LogP contribution < -0.4 is 10.5 Å². The number of benzene rings is 1. The molecule has 108 valence electrons. The van der Waals surface area contributed by atoms with Crippen LogP contribution in [0.4, 0.5) is 13.2 Å². The average molecular weight is 301 g/mol. The second-order valence-corrected chi connectivity index (χ2v) is 5.26. The van der Waals surface area contributed by atoms with Crippen molar-refractivity contribution in [1.82, 2.24) is 0 Å². The Hall–Kier alpha value is -1.53. The van der Waals surface area contributed by atoms with E-state index in [2.05, 4.69) is 4.74 Å². The highest BCUT2D eigenvalue weighted by Crippen LogP contribution is 2.26. The van der Waals surface area contributed by atoms with Crippen molar-refractivity contribution in [2.75, 3.05) is 0 Å². The van der Waals surface area contributed by atoms with Gasteiger partial charge in [-0.15, -0.1) is 13.2 Å². The minimum atomic E-state index is -4.66. The summed E-state index contributed by atoms with van der Waals surface area (Å²) in [5, 5.41) is 4.02. The molecule has 1 aromatic heterocycles. The smallest absolute Gasteiger partial charge is 0.406 e. The highest BCUT2D eigenvalue weighted by Gasteiger charge is 2.30. The van der Waals surface area contributed by atoms with Crippen LogP contribution in [0.15, 0.2) is 35.0 Å². The largest absolute Gasteiger partial charge is 0.573 e. The van der Waals surface area contributed by atoms with Gasteiger partial charge in [0.05, 0.1) is 0 Å². The van der Waals surface area contributed by atoms with Gasteiger partial charge in [0.25, 0.3) is 0 Å². The molecular weight excluding hydrogens is 287 g/mol. The first-order valence-corrected chi connectivity index (χ1v) is 6.92. The molecule has 2 nitrogen and oxygen atoms in total. The third kappa shape index (κ3) is 3.98. The summed E-state index contributed by atoms with van der Waals surface area (Å²) < 4.78 is 39.9. The number of halogens is 3. The zero-order valence-corrected chi connectivity index (χ0v) is 11.6. The van der Waals surface area contributed by atoms with E-state index in [0.29, 0.717) is 6.42 Å². The summed E-state index contributed by atoms with van der Waals surface area (Å²) in [6.07, 6.45) is -4.09. The summed E-state index contributed by atoms with van der Waals surface area (Å²) in [6, 6.07) is 5.65. The maximum Gasteiger partial charge on any atom is 0.573 e. The maximum absolute atomic E-state index is 12.0. The number of ether oxygens (including phenoxy) is 1. The summed E-state index contributed by atoms with van der Waals surface area (Å²) in [5.74, 6) is -0.221. The lowest BCUT2D eigenvalue weighted by Gasteiger charge is -2.13. The third-order valence-electron chi connectivity index (χ3n) is 2.91. The van der Waals surface area contributed by atoms with E-state index in [1.54, 1.807) is 23.5 Å². The van der Waals surface area contributed by atoms with Crippen molar-refractivity contribution in [3.63, 3.8) is 0 Å². The molecule has 0 aliphatic rings. The van der Waals surface area contributed by atoms with Gasteiger partial charge in [-0.1, -0.05) is 12.1 Å². The maximum atomic E-state index is 12.0. The van der Waals surface area contributed by atoms with Crippen LogP contribution in [-0.4, -0.2) is 6.36 Å². The molecule has 6 heteroatoms.